The minimum Gasteiger partial charge on any atom is -0.361 e. The van der Waals surface area contributed by atoms with Crippen LogP contribution in [0.15, 0.2) is 88.4 Å². The Bertz CT molecular complexity index is 1220. The Kier molecular flexibility index (Phi) is 5.10. The number of hydrogen-bond acceptors (Lipinski definition) is 2. The number of aryl methyl sites for hydroxylation is 1. The summed E-state index contributed by atoms with van der Waals surface area (Å²) in [5.74, 6) is 0. The first-order valence-electron chi connectivity index (χ1n) is 8.84. The van der Waals surface area contributed by atoms with E-state index in [0.717, 1.165) is 32.1 Å². The van der Waals surface area contributed by atoms with Gasteiger partial charge in [0.05, 0.1) is 10.9 Å². The van der Waals surface area contributed by atoms with Gasteiger partial charge < -0.3 is 4.98 Å². The Morgan fingerprint density at radius 2 is 1.68 bits per heavy atom. The van der Waals surface area contributed by atoms with Gasteiger partial charge in [0, 0.05) is 21.6 Å². The summed E-state index contributed by atoms with van der Waals surface area (Å²) < 4.78 is 30.0. The van der Waals surface area contributed by atoms with Crippen LogP contribution >= 0.6 is 15.9 Å². The molecule has 6 heteroatoms. The van der Waals surface area contributed by atoms with E-state index in [2.05, 4.69) is 25.6 Å². The van der Waals surface area contributed by atoms with Crippen LogP contribution in [0.25, 0.3) is 10.9 Å². The van der Waals surface area contributed by atoms with Gasteiger partial charge in [-0.3, -0.25) is 0 Å². The predicted octanol–water partition coefficient (Wildman–Crippen LogP) is 5.31. The number of hydrogen-bond donors (Lipinski definition) is 2. The highest BCUT2D eigenvalue weighted by molar-refractivity contribution is 9.10. The van der Waals surface area contributed by atoms with Crippen molar-refractivity contribution < 1.29 is 8.42 Å². The van der Waals surface area contributed by atoms with E-state index >= 15 is 0 Å². The fourth-order valence-corrected chi connectivity index (χ4v) is 4.82. The normalized spacial score (nSPS) is 12.9. The first-order chi connectivity index (χ1) is 13.4. The third-order valence-electron chi connectivity index (χ3n) is 4.72. The van der Waals surface area contributed by atoms with E-state index in [-0.39, 0.29) is 4.90 Å². The molecule has 0 spiro atoms. The Hall–Kier alpha value is -2.41. The van der Waals surface area contributed by atoms with Gasteiger partial charge >= 0.3 is 0 Å². The van der Waals surface area contributed by atoms with Gasteiger partial charge in [-0.1, -0.05) is 64.0 Å². The van der Waals surface area contributed by atoms with Gasteiger partial charge in [-0.15, -0.1) is 0 Å². The molecular weight excluding hydrogens is 436 g/mol. The average molecular weight is 455 g/mol. The van der Waals surface area contributed by atoms with Gasteiger partial charge in [0.1, 0.15) is 0 Å². The third kappa shape index (κ3) is 3.76. The molecule has 0 saturated carbocycles. The molecule has 1 aromatic heterocycles. The zero-order chi connectivity index (χ0) is 19.7. The molecule has 1 heterocycles. The van der Waals surface area contributed by atoms with E-state index in [9.17, 15) is 8.42 Å². The first-order valence-corrected chi connectivity index (χ1v) is 11.1. The zero-order valence-electron chi connectivity index (χ0n) is 15.2. The van der Waals surface area contributed by atoms with Gasteiger partial charge in [0.15, 0.2) is 0 Å². The van der Waals surface area contributed by atoms with E-state index in [4.69, 9.17) is 0 Å². The van der Waals surface area contributed by atoms with Crippen molar-refractivity contribution in [1.29, 1.82) is 0 Å². The van der Waals surface area contributed by atoms with Gasteiger partial charge in [0.25, 0.3) is 0 Å². The zero-order valence-corrected chi connectivity index (χ0v) is 17.6. The van der Waals surface area contributed by atoms with Gasteiger partial charge in [0.2, 0.25) is 10.0 Å². The second-order valence-corrected chi connectivity index (χ2v) is 9.34. The van der Waals surface area contributed by atoms with Crippen molar-refractivity contribution in [1.82, 2.24) is 9.71 Å². The molecule has 0 aliphatic carbocycles. The number of sulfonamides is 1. The van der Waals surface area contributed by atoms with Crippen LogP contribution in [-0.2, 0) is 10.0 Å². The molecule has 1 atom stereocenters. The van der Waals surface area contributed by atoms with Crippen molar-refractivity contribution in [2.45, 2.75) is 17.9 Å². The van der Waals surface area contributed by atoms with Crippen molar-refractivity contribution in [2.75, 3.05) is 0 Å². The van der Waals surface area contributed by atoms with E-state index in [1.54, 1.807) is 24.3 Å². The standard InChI is InChI=1S/C22H19BrN2O2S/c1-15-7-10-18(11-8-15)28(26,27)25-22(16-5-3-2-4-6-16)20-14-24-21-12-9-17(23)13-19(20)21/h2-14,22,24-25H,1H3/t22-/m1/s1. The maximum Gasteiger partial charge on any atom is 0.241 e. The number of aromatic amines is 1. The van der Waals surface area contributed by atoms with Crippen LogP contribution in [0.2, 0.25) is 0 Å². The summed E-state index contributed by atoms with van der Waals surface area (Å²) in [4.78, 5) is 3.49. The lowest BCUT2D eigenvalue weighted by Gasteiger charge is -2.19. The maximum atomic E-state index is 13.1. The number of benzene rings is 3. The fraction of sp³-hybridized carbons (Fsp3) is 0.0909. The van der Waals surface area contributed by atoms with Crippen LogP contribution in [0.4, 0.5) is 0 Å². The van der Waals surface area contributed by atoms with Crippen molar-refractivity contribution in [3.8, 4) is 0 Å². The highest BCUT2D eigenvalue weighted by atomic mass is 79.9. The molecule has 4 rings (SSSR count). The molecule has 0 aliphatic rings. The number of aromatic nitrogens is 1. The molecule has 4 nitrogen and oxygen atoms in total. The minimum atomic E-state index is -3.70. The number of H-pyrrole nitrogens is 1. The van der Waals surface area contributed by atoms with Crippen LogP contribution in [0, 0.1) is 6.92 Å². The van der Waals surface area contributed by atoms with E-state index in [1.165, 1.54) is 0 Å². The summed E-state index contributed by atoms with van der Waals surface area (Å²) in [6, 6.07) is 21.9. The second kappa shape index (κ2) is 7.54. The van der Waals surface area contributed by atoms with Crippen molar-refractivity contribution >= 4 is 36.9 Å². The highest BCUT2D eigenvalue weighted by Gasteiger charge is 2.25. The summed E-state index contributed by atoms with van der Waals surface area (Å²) in [7, 11) is -3.70. The molecule has 0 amide bonds. The molecule has 28 heavy (non-hydrogen) atoms. The lowest BCUT2D eigenvalue weighted by atomic mass is 9.99. The molecule has 2 N–H and O–H groups in total. The summed E-state index contributed by atoms with van der Waals surface area (Å²) in [5.41, 5.74) is 3.71. The molecule has 0 saturated heterocycles. The number of nitrogens with one attached hydrogen (secondary N) is 2. The first kappa shape index (κ1) is 18.9. The number of halogens is 1. The molecule has 4 aromatic rings. The Labute approximate surface area is 172 Å². The van der Waals surface area contributed by atoms with Gasteiger partial charge in [-0.05, 0) is 48.4 Å². The van der Waals surface area contributed by atoms with Crippen molar-refractivity contribution in [2.24, 2.45) is 0 Å². The van der Waals surface area contributed by atoms with E-state index < -0.39 is 16.1 Å². The van der Waals surface area contributed by atoms with Crippen LogP contribution in [0.3, 0.4) is 0 Å². The molecule has 3 aromatic carbocycles. The predicted molar refractivity (Wildman–Crippen MR) is 116 cm³/mol. The Balaban J connectivity index is 1.82. The maximum absolute atomic E-state index is 13.1. The molecular formula is C22H19BrN2O2S. The minimum absolute atomic E-state index is 0.250. The molecule has 0 unspecified atom stereocenters. The van der Waals surface area contributed by atoms with Crippen molar-refractivity contribution in [3.63, 3.8) is 0 Å². The molecule has 142 valence electrons. The number of rotatable bonds is 5. The molecule has 0 fully saturated rings. The average Bonchev–Trinajstić information content (AvgIpc) is 3.10. The lowest BCUT2D eigenvalue weighted by molar-refractivity contribution is 0.572. The smallest absolute Gasteiger partial charge is 0.241 e. The fourth-order valence-electron chi connectivity index (χ4n) is 3.25. The summed E-state index contributed by atoms with van der Waals surface area (Å²) >= 11 is 3.51. The van der Waals surface area contributed by atoms with Crippen molar-refractivity contribution in [3.05, 3.63) is 100 Å². The quantitative estimate of drug-likeness (QED) is 0.429. The van der Waals surface area contributed by atoms with Crippen LogP contribution < -0.4 is 4.72 Å². The largest absolute Gasteiger partial charge is 0.361 e. The van der Waals surface area contributed by atoms with Crippen LogP contribution in [-0.4, -0.2) is 13.4 Å². The van der Waals surface area contributed by atoms with Crippen LogP contribution in [0.1, 0.15) is 22.7 Å². The third-order valence-corrected chi connectivity index (χ3v) is 6.66. The Morgan fingerprint density at radius 1 is 0.964 bits per heavy atom. The topological polar surface area (TPSA) is 62.0 Å². The molecule has 0 bridgehead atoms. The summed E-state index contributed by atoms with van der Waals surface area (Å²) in [6.45, 7) is 1.93. The van der Waals surface area contributed by atoms with E-state index in [1.807, 2.05) is 61.7 Å². The molecule has 0 radical (unpaired) electrons. The Morgan fingerprint density at radius 3 is 2.39 bits per heavy atom. The SMILES string of the molecule is Cc1ccc(S(=O)(=O)N[C@H](c2ccccc2)c2c[nH]c3ccc(Br)cc23)cc1. The summed E-state index contributed by atoms with van der Waals surface area (Å²) in [6.07, 6.45) is 1.87. The van der Waals surface area contributed by atoms with Crippen LogP contribution in [0.5, 0.6) is 0 Å². The van der Waals surface area contributed by atoms with E-state index in [0.29, 0.717) is 0 Å². The number of fused-ring (bicyclic) bond motifs is 1. The van der Waals surface area contributed by atoms with Gasteiger partial charge in [-0.2, -0.15) is 4.72 Å². The second-order valence-electron chi connectivity index (χ2n) is 6.71. The molecule has 0 aliphatic heterocycles. The summed E-state index contributed by atoms with van der Waals surface area (Å²) in [5, 5.41) is 0.967. The highest BCUT2D eigenvalue weighted by Crippen LogP contribution is 2.32. The monoisotopic (exact) mass is 454 g/mol. The van der Waals surface area contributed by atoms with Gasteiger partial charge in [-0.25, -0.2) is 8.42 Å². The lowest BCUT2D eigenvalue weighted by Crippen LogP contribution is -2.29.